The molecule has 0 spiro atoms. The van der Waals surface area contributed by atoms with Gasteiger partial charge in [-0.15, -0.1) is 0 Å². The zero-order valence-corrected chi connectivity index (χ0v) is 9.90. The largest absolute Gasteiger partial charge is 0.379 e. The summed E-state index contributed by atoms with van der Waals surface area (Å²) in [6, 6.07) is 0. The van der Waals surface area contributed by atoms with E-state index < -0.39 is 34.8 Å². The molecule has 1 nitrogen and oxygen atoms in total. The summed E-state index contributed by atoms with van der Waals surface area (Å²) < 4.78 is 64.6. The van der Waals surface area contributed by atoms with Gasteiger partial charge in [0, 0.05) is 11.8 Å². The highest BCUT2D eigenvalue weighted by Gasteiger charge is 2.25. The van der Waals surface area contributed by atoms with E-state index in [4.69, 9.17) is 0 Å². The summed E-state index contributed by atoms with van der Waals surface area (Å²) >= 11 is 1.40. The molecular weight excluding hydrogens is 261 g/mol. The molecule has 0 radical (unpaired) electrons. The first-order valence-electron chi connectivity index (χ1n) is 4.68. The zero-order valence-electron chi connectivity index (χ0n) is 9.08. The highest BCUT2D eigenvalue weighted by molar-refractivity contribution is 7.99. The molecule has 7 heteroatoms. The van der Waals surface area contributed by atoms with Crippen molar-refractivity contribution in [3.8, 4) is 0 Å². The summed E-state index contributed by atoms with van der Waals surface area (Å²) in [6.07, 6.45) is 1.77. The fraction of sp³-hybridized carbons (Fsp3) is 0.400. The Balaban J connectivity index is 3.07. The lowest BCUT2D eigenvalue weighted by Crippen LogP contribution is -2.16. The molecule has 0 saturated heterocycles. The van der Waals surface area contributed by atoms with Crippen molar-refractivity contribution in [2.45, 2.75) is 12.2 Å². The number of hydrogen-bond acceptors (Lipinski definition) is 2. The molecule has 1 aromatic carbocycles. The summed E-state index contributed by atoms with van der Waals surface area (Å²) in [4.78, 5) is 0. The van der Waals surface area contributed by atoms with Gasteiger partial charge in [0.15, 0.2) is 23.3 Å². The van der Waals surface area contributed by atoms with Crippen LogP contribution >= 0.6 is 11.8 Å². The first-order chi connectivity index (χ1) is 7.90. The quantitative estimate of drug-likeness (QED) is 0.510. The molecule has 0 aliphatic heterocycles. The smallest absolute Gasteiger partial charge is 0.200 e. The molecule has 0 saturated carbocycles. The average Bonchev–Trinajstić information content (AvgIpc) is 2.33. The summed E-state index contributed by atoms with van der Waals surface area (Å²) in [5.74, 6) is -9.71. The van der Waals surface area contributed by atoms with Crippen molar-refractivity contribution in [1.29, 1.82) is 0 Å². The van der Waals surface area contributed by atoms with Gasteiger partial charge in [-0.3, -0.25) is 0 Å². The van der Waals surface area contributed by atoms with E-state index >= 15 is 0 Å². The number of anilines is 1. The maximum absolute atomic E-state index is 13.2. The van der Waals surface area contributed by atoms with Crippen LogP contribution in [0, 0.1) is 29.1 Å². The molecular formula is C10H10F5NS. The summed E-state index contributed by atoms with van der Waals surface area (Å²) in [5.41, 5.74) is -0.984. The van der Waals surface area contributed by atoms with Crippen LogP contribution in [-0.4, -0.2) is 18.1 Å². The Morgan fingerprint density at radius 3 is 1.76 bits per heavy atom. The number of benzene rings is 1. The average molecular weight is 271 g/mol. The van der Waals surface area contributed by atoms with Crippen LogP contribution in [0.2, 0.25) is 0 Å². The Morgan fingerprint density at radius 1 is 0.941 bits per heavy atom. The van der Waals surface area contributed by atoms with Crippen molar-refractivity contribution < 1.29 is 22.0 Å². The van der Waals surface area contributed by atoms with Gasteiger partial charge in [0.05, 0.1) is 0 Å². The van der Waals surface area contributed by atoms with E-state index in [0.29, 0.717) is 0 Å². The Bertz CT molecular complexity index is 395. The van der Waals surface area contributed by atoms with Crippen molar-refractivity contribution in [2.24, 2.45) is 0 Å². The molecule has 1 unspecified atom stereocenters. The minimum absolute atomic E-state index is 0.0232. The predicted molar refractivity (Wildman–Crippen MR) is 57.7 cm³/mol. The molecule has 0 fully saturated rings. The van der Waals surface area contributed by atoms with Crippen molar-refractivity contribution in [3.05, 3.63) is 29.1 Å². The third-order valence-electron chi connectivity index (χ3n) is 2.18. The van der Waals surface area contributed by atoms with E-state index in [-0.39, 0.29) is 11.8 Å². The molecule has 0 amide bonds. The molecule has 96 valence electrons. The lowest BCUT2D eigenvalue weighted by atomic mass is 10.2. The fourth-order valence-corrected chi connectivity index (χ4v) is 1.34. The van der Waals surface area contributed by atoms with Gasteiger partial charge >= 0.3 is 0 Å². The second-order valence-corrected chi connectivity index (χ2v) is 4.65. The molecule has 0 bridgehead atoms. The predicted octanol–water partition coefficient (Wildman–Crippen LogP) is 3.55. The second-order valence-electron chi connectivity index (χ2n) is 3.37. The lowest BCUT2D eigenvalue weighted by molar-refractivity contribution is 0.381. The SMILES string of the molecule is CSC(C)CNc1c(F)c(F)c(F)c(F)c1F. The van der Waals surface area contributed by atoms with Gasteiger partial charge in [-0.05, 0) is 6.26 Å². The van der Waals surface area contributed by atoms with E-state index in [1.165, 1.54) is 11.8 Å². The zero-order chi connectivity index (χ0) is 13.2. The minimum atomic E-state index is -2.15. The van der Waals surface area contributed by atoms with E-state index in [2.05, 4.69) is 5.32 Å². The number of thioether (sulfide) groups is 1. The summed E-state index contributed by atoms with van der Waals surface area (Å²) in [7, 11) is 0. The van der Waals surface area contributed by atoms with Crippen LogP contribution < -0.4 is 5.32 Å². The van der Waals surface area contributed by atoms with Crippen molar-refractivity contribution in [2.75, 3.05) is 18.1 Å². The lowest BCUT2D eigenvalue weighted by Gasteiger charge is -2.13. The molecule has 0 heterocycles. The molecule has 0 aromatic heterocycles. The molecule has 1 atom stereocenters. The van der Waals surface area contributed by atoms with E-state index in [1.54, 1.807) is 13.2 Å². The van der Waals surface area contributed by atoms with Gasteiger partial charge in [-0.25, -0.2) is 22.0 Å². The Hall–Kier alpha value is -0.980. The van der Waals surface area contributed by atoms with Gasteiger partial charge in [-0.2, -0.15) is 11.8 Å². The fourth-order valence-electron chi connectivity index (χ4n) is 1.09. The molecule has 1 aromatic rings. The molecule has 1 N–H and O–H groups in total. The number of hydrogen-bond donors (Lipinski definition) is 1. The van der Waals surface area contributed by atoms with Gasteiger partial charge in [0.25, 0.3) is 0 Å². The second kappa shape index (κ2) is 5.57. The third-order valence-corrected chi connectivity index (χ3v) is 3.15. The van der Waals surface area contributed by atoms with Gasteiger partial charge < -0.3 is 5.32 Å². The highest BCUT2D eigenvalue weighted by atomic mass is 32.2. The van der Waals surface area contributed by atoms with Gasteiger partial charge in [-0.1, -0.05) is 6.92 Å². The van der Waals surface area contributed by atoms with Gasteiger partial charge in [0.1, 0.15) is 5.69 Å². The van der Waals surface area contributed by atoms with E-state index in [0.717, 1.165) is 0 Å². The molecule has 17 heavy (non-hydrogen) atoms. The number of nitrogens with one attached hydrogen (secondary N) is 1. The monoisotopic (exact) mass is 271 g/mol. The number of rotatable bonds is 4. The van der Waals surface area contributed by atoms with Crippen molar-refractivity contribution >= 4 is 17.4 Å². The van der Waals surface area contributed by atoms with Crippen LogP contribution in [0.5, 0.6) is 0 Å². The molecule has 0 aliphatic rings. The maximum Gasteiger partial charge on any atom is 0.200 e. The van der Waals surface area contributed by atoms with Crippen LogP contribution in [0.15, 0.2) is 0 Å². The first kappa shape index (κ1) is 14.1. The highest BCUT2D eigenvalue weighted by Crippen LogP contribution is 2.27. The first-order valence-corrected chi connectivity index (χ1v) is 5.97. The van der Waals surface area contributed by atoms with Crippen molar-refractivity contribution in [3.63, 3.8) is 0 Å². The Morgan fingerprint density at radius 2 is 1.35 bits per heavy atom. The Kier molecular flexibility index (Phi) is 4.62. The van der Waals surface area contributed by atoms with E-state index in [9.17, 15) is 22.0 Å². The molecule has 0 aliphatic carbocycles. The van der Waals surface area contributed by atoms with Gasteiger partial charge in [0.2, 0.25) is 5.82 Å². The Labute approximate surface area is 99.4 Å². The van der Waals surface area contributed by atoms with Crippen molar-refractivity contribution in [1.82, 2.24) is 0 Å². The molecule has 1 rings (SSSR count). The topological polar surface area (TPSA) is 12.0 Å². The van der Waals surface area contributed by atoms with E-state index in [1.807, 2.05) is 0 Å². The van der Waals surface area contributed by atoms with Crippen LogP contribution in [-0.2, 0) is 0 Å². The van der Waals surface area contributed by atoms with Crippen LogP contribution in [0.1, 0.15) is 6.92 Å². The maximum atomic E-state index is 13.2. The summed E-state index contributed by atoms with van der Waals surface area (Å²) in [6.45, 7) is 1.85. The van der Waals surface area contributed by atoms with Crippen LogP contribution in [0.3, 0.4) is 0 Å². The summed E-state index contributed by atoms with van der Waals surface area (Å²) in [5, 5.41) is 2.20. The van der Waals surface area contributed by atoms with Crippen LogP contribution in [0.25, 0.3) is 0 Å². The third kappa shape index (κ3) is 2.83. The number of halogens is 5. The standard InChI is InChI=1S/C10H10F5NS/c1-4(17-2)3-16-10-8(14)6(12)5(11)7(13)9(10)15/h4,16H,3H2,1-2H3. The normalized spacial score (nSPS) is 12.6. The van der Waals surface area contributed by atoms with Crippen LogP contribution in [0.4, 0.5) is 27.6 Å². The minimum Gasteiger partial charge on any atom is -0.379 e.